The number of aliphatic hydroxyl groups is 1. The molecule has 0 saturated heterocycles. The maximum atomic E-state index is 12.0. The third-order valence-corrected chi connectivity index (χ3v) is 3.74. The van der Waals surface area contributed by atoms with Crippen molar-refractivity contribution in [3.63, 3.8) is 0 Å². The molecule has 0 aliphatic heterocycles. The number of benzene rings is 2. The predicted molar refractivity (Wildman–Crippen MR) is 105 cm³/mol. The van der Waals surface area contributed by atoms with Gasteiger partial charge in [-0.1, -0.05) is 62.4 Å². The van der Waals surface area contributed by atoms with Crippen molar-refractivity contribution >= 4 is 11.9 Å². The first-order valence-corrected chi connectivity index (χ1v) is 8.93. The molecule has 0 bridgehead atoms. The van der Waals surface area contributed by atoms with Gasteiger partial charge in [-0.2, -0.15) is 0 Å². The van der Waals surface area contributed by atoms with Gasteiger partial charge in [-0.25, -0.2) is 0 Å². The van der Waals surface area contributed by atoms with E-state index in [1.807, 2.05) is 42.5 Å². The van der Waals surface area contributed by atoms with Gasteiger partial charge < -0.3 is 15.2 Å². The fourth-order valence-corrected chi connectivity index (χ4v) is 2.34. The zero-order chi connectivity index (χ0) is 18.8. The van der Waals surface area contributed by atoms with Gasteiger partial charge in [-0.15, -0.1) is 0 Å². The molecule has 4 heteroatoms. The van der Waals surface area contributed by atoms with E-state index in [4.69, 9.17) is 4.74 Å². The number of hydrogen-bond donors (Lipinski definition) is 2. The highest BCUT2D eigenvalue weighted by atomic mass is 16.5. The summed E-state index contributed by atoms with van der Waals surface area (Å²) in [6, 6.07) is 16.6. The molecule has 0 aliphatic carbocycles. The summed E-state index contributed by atoms with van der Waals surface area (Å²) < 4.78 is 5.59. The average Bonchev–Trinajstić information content (AvgIpc) is 2.65. The summed E-state index contributed by atoms with van der Waals surface area (Å²) in [5.41, 5.74) is 1.59. The van der Waals surface area contributed by atoms with Gasteiger partial charge in [0.25, 0.3) is 0 Å². The maximum absolute atomic E-state index is 12.0. The van der Waals surface area contributed by atoms with Gasteiger partial charge in [0.15, 0.2) is 5.78 Å². The lowest BCUT2D eigenvalue weighted by molar-refractivity contribution is 0.104. The van der Waals surface area contributed by atoms with E-state index in [2.05, 4.69) is 19.2 Å². The number of ether oxygens (including phenoxy) is 1. The van der Waals surface area contributed by atoms with Gasteiger partial charge in [0.05, 0.1) is 0 Å². The molecule has 0 spiro atoms. The first kappa shape index (κ1) is 19.9. The molecule has 0 heterocycles. The van der Waals surface area contributed by atoms with Crippen LogP contribution in [0.1, 0.15) is 29.8 Å². The van der Waals surface area contributed by atoms with Crippen LogP contribution >= 0.6 is 0 Å². The number of carbonyl (C=O) groups is 1. The Kier molecular flexibility index (Phi) is 8.06. The molecule has 0 radical (unpaired) electrons. The smallest absolute Gasteiger partial charge is 0.185 e. The molecule has 0 aromatic heterocycles. The van der Waals surface area contributed by atoms with Crippen molar-refractivity contribution in [1.82, 2.24) is 5.32 Å². The highest BCUT2D eigenvalue weighted by molar-refractivity contribution is 6.06. The topological polar surface area (TPSA) is 58.6 Å². The highest BCUT2D eigenvalue weighted by Crippen LogP contribution is 2.14. The third-order valence-electron chi connectivity index (χ3n) is 3.74. The molecule has 4 nitrogen and oxygen atoms in total. The van der Waals surface area contributed by atoms with Crippen molar-refractivity contribution in [3.8, 4) is 5.75 Å². The Bertz CT molecular complexity index is 693. The van der Waals surface area contributed by atoms with Crippen molar-refractivity contribution < 1.29 is 14.6 Å². The zero-order valence-electron chi connectivity index (χ0n) is 15.4. The number of aliphatic hydroxyl groups excluding tert-OH is 1. The molecule has 1 unspecified atom stereocenters. The average molecular weight is 353 g/mol. The summed E-state index contributed by atoms with van der Waals surface area (Å²) in [5.74, 6) is 1.22. The Morgan fingerprint density at radius 3 is 2.42 bits per heavy atom. The van der Waals surface area contributed by atoms with E-state index in [0.717, 1.165) is 12.1 Å². The zero-order valence-corrected chi connectivity index (χ0v) is 15.4. The largest absolute Gasteiger partial charge is 0.491 e. The summed E-state index contributed by atoms with van der Waals surface area (Å²) >= 11 is 0. The van der Waals surface area contributed by atoms with Crippen LogP contribution in [0, 0.1) is 5.92 Å². The summed E-state index contributed by atoms with van der Waals surface area (Å²) in [6.07, 6.45) is 2.80. The van der Waals surface area contributed by atoms with E-state index in [9.17, 15) is 9.90 Å². The molecule has 0 aliphatic rings. The molecule has 26 heavy (non-hydrogen) atoms. The van der Waals surface area contributed by atoms with Crippen LogP contribution in [-0.2, 0) is 0 Å². The van der Waals surface area contributed by atoms with Gasteiger partial charge in [-0.05, 0) is 36.2 Å². The highest BCUT2D eigenvalue weighted by Gasteiger charge is 2.05. The van der Waals surface area contributed by atoms with Crippen molar-refractivity contribution in [2.24, 2.45) is 5.92 Å². The van der Waals surface area contributed by atoms with E-state index in [-0.39, 0.29) is 12.4 Å². The SMILES string of the molecule is CC(C)CNCC(O)COc1ccc(/C=C/C(=O)c2ccccc2)cc1. The van der Waals surface area contributed by atoms with E-state index in [1.165, 1.54) is 0 Å². The predicted octanol–water partition coefficient (Wildman–Crippen LogP) is 3.57. The maximum Gasteiger partial charge on any atom is 0.185 e. The summed E-state index contributed by atoms with van der Waals surface area (Å²) in [5, 5.41) is 13.1. The Hall–Kier alpha value is -2.43. The summed E-state index contributed by atoms with van der Waals surface area (Å²) in [4.78, 5) is 12.0. The van der Waals surface area contributed by atoms with Crippen LogP contribution in [0.3, 0.4) is 0 Å². The van der Waals surface area contributed by atoms with E-state index in [1.54, 1.807) is 24.3 Å². The molecule has 138 valence electrons. The number of allylic oxidation sites excluding steroid dienone is 1. The number of hydrogen-bond acceptors (Lipinski definition) is 4. The summed E-state index contributed by atoms with van der Waals surface area (Å²) in [6.45, 7) is 5.88. The second-order valence-corrected chi connectivity index (χ2v) is 6.65. The van der Waals surface area contributed by atoms with E-state index < -0.39 is 6.10 Å². The van der Waals surface area contributed by atoms with Crippen LogP contribution in [0.15, 0.2) is 60.7 Å². The minimum absolute atomic E-state index is 0.0250. The monoisotopic (exact) mass is 353 g/mol. The van der Waals surface area contributed by atoms with Gasteiger partial charge in [0, 0.05) is 12.1 Å². The number of rotatable bonds is 10. The first-order chi connectivity index (χ1) is 12.5. The number of carbonyl (C=O) groups excluding carboxylic acids is 1. The first-order valence-electron chi connectivity index (χ1n) is 8.93. The van der Waals surface area contributed by atoms with Gasteiger partial charge in [-0.3, -0.25) is 4.79 Å². The minimum atomic E-state index is -0.545. The fraction of sp³-hybridized carbons (Fsp3) is 0.318. The van der Waals surface area contributed by atoms with Crippen molar-refractivity contribution in [3.05, 3.63) is 71.8 Å². The molecule has 2 rings (SSSR count). The summed E-state index contributed by atoms with van der Waals surface area (Å²) in [7, 11) is 0. The normalized spacial score (nSPS) is 12.5. The molecule has 0 saturated carbocycles. The lowest BCUT2D eigenvalue weighted by Gasteiger charge is -2.14. The second-order valence-electron chi connectivity index (χ2n) is 6.65. The van der Waals surface area contributed by atoms with E-state index >= 15 is 0 Å². The Labute approximate surface area is 155 Å². The lowest BCUT2D eigenvalue weighted by Crippen LogP contribution is -2.33. The van der Waals surface area contributed by atoms with E-state index in [0.29, 0.717) is 23.8 Å². The van der Waals surface area contributed by atoms with Crippen molar-refractivity contribution in [1.29, 1.82) is 0 Å². The van der Waals surface area contributed by atoms with Crippen LogP contribution in [0.5, 0.6) is 5.75 Å². The number of nitrogens with one attached hydrogen (secondary N) is 1. The number of ketones is 1. The van der Waals surface area contributed by atoms with Crippen molar-refractivity contribution in [2.45, 2.75) is 20.0 Å². The molecule has 2 N–H and O–H groups in total. The fourth-order valence-electron chi connectivity index (χ4n) is 2.34. The minimum Gasteiger partial charge on any atom is -0.491 e. The molecular formula is C22H27NO3. The van der Waals surface area contributed by atoms with Crippen LogP contribution in [0.25, 0.3) is 6.08 Å². The van der Waals surface area contributed by atoms with Crippen LogP contribution in [0.4, 0.5) is 0 Å². The molecule has 2 aromatic rings. The molecule has 1 atom stereocenters. The van der Waals surface area contributed by atoms with Crippen LogP contribution < -0.4 is 10.1 Å². The molecule has 0 amide bonds. The second kappa shape index (κ2) is 10.5. The van der Waals surface area contributed by atoms with Crippen LogP contribution in [-0.4, -0.2) is 36.7 Å². The molecule has 0 fully saturated rings. The van der Waals surface area contributed by atoms with Gasteiger partial charge in [0.1, 0.15) is 18.5 Å². The Balaban J connectivity index is 1.79. The standard InChI is InChI=1S/C22H27NO3/c1-17(2)14-23-15-20(24)16-26-21-11-8-18(9-12-21)10-13-22(25)19-6-4-3-5-7-19/h3-13,17,20,23-24H,14-16H2,1-2H3/b13-10+. The Morgan fingerprint density at radius 2 is 1.77 bits per heavy atom. The lowest BCUT2D eigenvalue weighted by atomic mass is 10.1. The quantitative estimate of drug-likeness (QED) is 0.506. The third kappa shape index (κ3) is 7.21. The van der Waals surface area contributed by atoms with Crippen LogP contribution in [0.2, 0.25) is 0 Å². The van der Waals surface area contributed by atoms with Crippen molar-refractivity contribution in [2.75, 3.05) is 19.7 Å². The Morgan fingerprint density at radius 1 is 1.08 bits per heavy atom. The molecular weight excluding hydrogens is 326 g/mol. The van der Waals surface area contributed by atoms with Gasteiger partial charge >= 0.3 is 0 Å². The molecule has 2 aromatic carbocycles. The van der Waals surface area contributed by atoms with Gasteiger partial charge in [0.2, 0.25) is 0 Å².